The van der Waals surface area contributed by atoms with Crippen molar-refractivity contribution < 1.29 is 14.7 Å². The standard InChI is InChI=1S/C14H20N2O3S/c1-10(9-12-3-2-8-20-12)15-14(19)16-6-4-11(5-7-16)13(17)18/h2-3,8,10-11H,4-7,9H2,1H3,(H,15,19)(H,17,18). The molecule has 1 unspecified atom stereocenters. The molecule has 1 saturated heterocycles. The first-order valence-corrected chi connectivity index (χ1v) is 7.75. The van der Waals surface area contributed by atoms with Crippen LogP contribution in [0, 0.1) is 5.92 Å². The van der Waals surface area contributed by atoms with Crippen LogP contribution in [-0.4, -0.2) is 41.1 Å². The molecule has 2 heterocycles. The maximum atomic E-state index is 12.1. The molecule has 6 heteroatoms. The van der Waals surface area contributed by atoms with Crippen molar-refractivity contribution in [3.05, 3.63) is 22.4 Å². The maximum Gasteiger partial charge on any atom is 0.317 e. The highest BCUT2D eigenvalue weighted by molar-refractivity contribution is 7.09. The van der Waals surface area contributed by atoms with Crippen LogP contribution in [-0.2, 0) is 11.2 Å². The van der Waals surface area contributed by atoms with E-state index in [2.05, 4.69) is 11.4 Å². The molecule has 0 saturated carbocycles. The molecule has 1 aromatic rings. The number of urea groups is 1. The number of thiophene rings is 1. The molecule has 0 spiro atoms. The fourth-order valence-electron chi connectivity index (χ4n) is 2.41. The fourth-order valence-corrected chi connectivity index (χ4v) is 3.25. The van der Waals surface area contributed by atoms with Crippen molar-refractivity contribution in [2.24, 2.45) is 5.92 Å². The van der Waals surface area contributed by atoms with Gasteiger partial charge >= 0.3 is 12.0 Å². The van der Waals surface area contributed by atoms with Crippen LogP contribution in [0.2, 0.25) is 0 Å². The number of piperidine rings is 1. The maximum absolute atomic E-state index is 12.1. The quantitative estimate of drug-likeness (QED) is 0.894. The Hall–Kier alpha value is -1.56. The van der Waals surface area contributed by atoms with Crippen LogP contribution in [0.3, 0.4) is 0 Å². The summed E-state index contributed by atoms with van der Waals surface area (Å²) in [5.41, 5.74) is 0. The molecule has 1 aliphatic rings. The van der Waals surface area contributed by atoms with Crippen LogP contribution in [0.5, 0.6) is 0 Å². The number of carboxylic acid groups (broad SMARTS) is 1. The van der Waals surface area contributed by atoms with E-state index >= 15 is 0 Å². The number of carbonyl (C=O) groups excluding carboxylic acids is 1. The summed E-state index contributed by atoms with van der Waals surface area (Å²) in [6.45, 7) is 3.03. The summed E-state index contributed by atoms with van der Waals surface area (Å²) in [5.74, 6) is -1.06. The van der Waals surface area contributed by atoms with Crippen LogP contribution in [0.15, 0.2) is 17.5 Å². The number of nitrogens with one attached hydrogen (secondary N) is 1. The second kappa shape index (κ2) is 6.74. The summed E-state index contributed by atoms with van der Waals surface area (Å²) >= 11 is 1.69. The van der Waals surface area contributed by atoms with Crippen molar-refractivity contribution in [3.63, 3.8) is 0 Å². The number of rotatable bonds is 4. The van der Waals surface area contributed by atoms with E-state index in [-0.39, 0.29) is 18.0 Å². The number of nitrogens with zero attached hydrogens (tertiary/aromatic N) is 1. The largest absolute Gasteiger partial charge is 0.481 e. The van der Waals surface area contributed by atoms with Gasteiger partial charge in [0.2, 0.25) is 0 Å². The first-order valence-electron chi connectivity index (χ1n) is 6.87. The third-order valence-electron chi connectivity index (χ3n) is 3.59. The number of aliphatic carboxylic acids is 1. The molecule has 5 nitrogen and oxygen atoms in total. The first-order chi connectivity index (χ1) is 9.56. The summed E-state index contributed by atoms with van der Waals surface area (Å²) in [7, 11) is 0. The van der Waals surface area contributed by atoms with Crippen molar-refractivity contribution in [3.8, 4) is 0 Å². The van der Waals surface area contributed by atoms with Crippen molar-refractivity contribution in [1.82, 2.24) is 10.2 Å². The Balaban J connectivity index is 1.76. The van der Waals surface area contributed by atoms with Gasteiger partial charge in [-0.2, -0.15) is 0 Å². The monoisotopic (exact) mass is 296 g/mol. The van der Waals surface area contributed by atoms with Crippen molar-refractivity contribution >= 4 is 23.3 Å². The zero-order valence-electron chi connectivity index (χ0n) is 11.5. The van der Waals surface area contributed by atoms with Gasteiger partial charge in [-0.25, -0.2) is 4.79 Å². The second-order valence-corrected chi connectivity index (χ2v) is 6.27. The molecule has 0 radical (unpaired) electrons. The number of hydrogen-bond acceptors (Lipinski definition) is 3. The Morgan fingerprint density at radius 3 is 2.75 bits per heavy atom. The van der Waals surface area contributed by atoms with Crippen LogP contribution in [0.4, 0.5) is 4.79 Å². The molecule has 0 aromatic carbocycles. The number of hydrogen-bond donors (Lipinski definition) is 2. The highest BCUT2D eigenvalue weighted by Gasteiger charge is 2.27. The van der Waals surface area contributed by atoms with E-state index in [4.69, 9.17) is 5.11 Å². The van der Waals surface area contributed by atoms with E-state index in [1.807, 2.05) is 18.4 Å². The van der Waals surface area contributed by atoms with Gasteiger partial charge in [-0.05, 0) is 31.2 Å². The van der Waals surface area contributed by atoms with Gasteiger partial charge in [0.1, 0.15) is 0 Å². The highest BCUT2D eigenvalue weighted by atomic mass is 32.1. The summed E-state index contributed by atoms with van der Waals surface area (Å²) < 4.78 is 0. The van der Waals surface area contributed by atoms with Gasteiger partial charge in [-0.1, -0.05) is 6.07 Å². The number of carboxylic acids is 1. The molecule has 1 fully saturated rings. The minimum atomic E-state index is -0.754. The smallest absolute Gasteiger partial charge is 0.317 e. The Kier molecular flexibility index (Phi) is 5.00. The van der Waals surface area contributed by atoms with Gasteiger partial charge in [-0.3, -0.25) is 4.79 Å². The molecular formula is C14H20N2O3S. The average Bonchev–Trinajstić information content (AvgIpc) is 2.91. The van der Waals surface area contributed by atoms with E-state index in [0.29, 0.717) is 25.9 Å². The van der Waals surface area contributed by atoms with Gasteiger partial charge in [-0.15, -0.1) is 11.3 Å². The Bertz CT molecular complexity index is 453. The molecule has 1 aliphatic heterocycles. The summed E-state index contributed by atoms with van der Waals surface area (Å²) in [6.07, 6.45) is 1.92. The van der Waals surface area contributed by atoms with Gasteiger partial charge in [0.25, 0.3) is 0 Å². The molecule has 20 heavy (non-hydrogen) atoms. The molecule has 1 atom stereocenters. The zero-order chi connectivity index (χ0) is 14.5. The topological polar surface area (TPSA) is 69.6 Å². The van der Waals surface area contributed by atoms with Crippen LogP contribution < -0.4 is 5.32 Å². The lowest BCUT2D eigenvalue weighted by atomic mass is 9.97. The zero-order valence-corrected chi connectivity index (χ0v) is 12.4. The lowest BCUT2D eigenvalue weighted by Crippen LogP contribution is -2.48. The number of amides is 2. The lowest BCUT2D eigenvalue weighted by molar-refractivity contribution is -0.143. The average molecular weight is 296 g/mol. The molecule has 2 N–H and O–H groups in total. The lowest BCUT2D eigenvalue weighted by Gasteiger charge is -2.31. The van der Waals surface area contributed by atoms with Crippen LogP contribution in [0.25, 0.3) is 0 Å². The highest BCUT2D eigenvalue weighted by Crippen LogP contribution is 2.17. The van der Waals surface area contributed by atoms with Gasteiger partial charge in [0.15, 0.2) is 0 Å². The Morgan fingerprint density at radius 2 is 2.20 bits per heavy atom. The van der Waals surface area contributed by atoms with Crippen molar-refractivity contribution in [2.45, 2.75) is 32.2 Å². The van der Waals surface area contributed by atoms with Crippen LogP contribution in [0.1, 0.15) is 24.6 Å². The number of likely N-dealkylation sites (tertiary alicyclic amines) is 1. The third kappa shape index (κ3) is 3.96. The molecule has 2 amide bonds. The summed E-state index contributed by atoms with van der Waals surface area (Å²) in [4.78, 5) is 25.9. The van der Waals surface area contributed by atoms with E-state index in [1.54, 1.807) is 16.2 Å². The minimum absolute atomic E-state index is 0.0818. The van der Waals surface area contributed by atoms with Crippen molar-refractivity contribution in [2.75, 3.05) is 13.1 Å². The molecule has 0 bridgehead atoms. The summed E-state index contributed by atoms with van der Waals surface area (Å²) in [6, 6.07) is 4.06. The second-order valence-electron chi connectivity index (χ2n) is 5.23. The first kappa shape index (κ1) is 14.8. The van der Waals surface area contributed by atoms with E-state index in [9.17, 15) is 9.59 Å². The molecular weight excluding hydrogens is 276 g/mol. The van der Waals surface area contributed by atoms with E-state index in [1.165, 1.54) is 4.88 Å². The van der Waals surface area contributed by atoms with E-state index in [0.717, 1.165) is 6.42 Å². The van der Waals surface area contributed by atoms with Crippen molar-refractivity contribution in [1.29, 1.82) is 0 Å². The molecule has 0 aliphatic carbocycles. The predicted molar refractivity (Wildman–Crippen MR) is 77.9 cm³/mol. The van der Waals surface area contributed by atoms with Gasteiger partial charge in [0.05, 0.1) is 5.92 Å². The van der Waals surface area contributed by atoms with Crippen LogP contribution >= 0.6 is 11.3 Å². The predicted octanol–water partition coefficient (Wildman–Crippen LogP) is 2.19. The fraction of sp³-hybridized carbons (Fsp3) is 0.571. The third-order valence-corrected chi connectivity index (χ3v) is 4.49. The SMILES string of the molecule is CC(Cc1cccs1)NC(=O)N1CCC(C(=O)O)CC1. The molecule has 1 aromatic heterocycles. The van der Waals surface area contributed by atoms with Gasteiger partial charge in [0, 0.05) is 30.4 Å². The molecule has 2 rings (SSSR count). The Morgan fingerprint density at radius 1 is 1.50 bits per heavy atom. The minimum Gasteiger partial charge on any atom is -0.481 e. The molecule has 110 valence electrons. The number of carbonyl (C=O) groups is 2. The normalized spacial score (nSPS) is 17.8. The Labute approximate surface area is 122 Å². The summed E-state index contributed by atoms with van der Waals surface area (Å²) in [5, 5.41) is 13.9. The van der Waals surface area contributed by atoms with Gasteiger partial charge < -0.3 is 15.3 Å². The van der Waals surface area contributed by atoms with E-state index < -0.39 is 5.97 Å².